The fraction of sp³-hybridized carbons (Fsp3) is 0.538. The Balaban J connectivity index is 2.09. The van der Waals surface area contributed by atoms with Crippen LogP contribution in [0, 0.1) is 11.3 Å². The van der Waals surface area contributed by atoms with Gasteiger partial charge in [0.1, 0.15) is 5.69 Å². The van der Waals surface area contributed by atoms with Crippen LogP contribution in [0.3, 0.4) is 0 Å². The van der Waals surface area contributed by atoms with Gasteiger partial charge in [-0.15, -0.1) is 0 Å². The van der Waals surface area contributed by atoms with Crippen LogP contribution in [0.5, 0.6) is 0 Å². The molecule has 1 N–H and O–H groups in total. The maximum absolute atomic E-state index is 12.6. The van der Waals surface area contributed by atoms with Crippen molar-refractivity contribution in [2.45, 2.75) is 20.0 Å². The molecule has 1 saturated heterocycles. The van der Waals surface area contributed by atoms with Crippen LogP contribution in [-0.4, -0.2) is 29.1 Å². The zero-order valence-electron chi connectivity index (χ0n) is 11.1. The van der Waals surface area contributed by atoms with Crippen LogP contribution < -0.4 is 4.90 Å². The van der Waals surface area contributed by atoms with E-state index in [1.165, 1.54) is 6.07 Å². The molecule has 4 nitrogen and oxygen atoms in total. The van der Waals surface area contributed by atoms with Crippen molar-refractivity contribution in [3.05, 3.63) is 24.0 Å². The number of hydrogen-bond donors (Lipinski definition) is 1. The van der Waals surface area contributed by atoms with E-state index in [2.05, 4.69) is 4.98 Å². The summed E-state index contributed by atoms with van der Waals surface area (Å²) in [5.74, 6) is -0.977. The van der Waals surface area contributed by atoms with Gasteiger partial charge in [0.15, 0.2) is 0 Å². The second-order valence-corrected chi connectivity index (χ2v) is 5.53. The van der Waals surface area contributed by atoms with Crippen molar-refractivity contribution in [2.75, 3.05) is 18.0 Å². The molecule has 1 aliphatic rings. The van der Waals surface area contributed by atoms with Crippen molar-refractivity contribution in [2.24, 2.45) is 11.3 Å². The molecule has 1 fully saturated rings. The van der Waals surface area contributed by atoms with E-state index in [0.29, 0.717) is 18.8 Å². The SMILES string of the molecule is CC(C)(C(=O)O)C1CN(c2ccnc(C(F)(F)F)c2)C1. The third-order valence-corrected chi connectivity index (χ3v) is 3.85. The molecule has 0 saturated carbocycles. The third kappa shape index (κ3) is 2.57. The zero-order valence-corrected chi connectivity index (χ0v) is 11.1. The number of hydrogen-bond acceptors (Lipinski definition) is 3. The van der Waals surface area contributed by atoms with Gasteiger partial charge >= 0.3 is 12.1 Å². The first kappa shape index (κ1) is 14.6. The van der Waals surface area contributed by atoms with Crippen molar-refractivity contribution >= 4 is 11.7 Å². The summed E-state index contributed by atoms with van der Waals surface area (Å²) in [6.07, 6.45) is -3.35. The molecule has 0 radical (unpaired) electrons. The van der Waals surface area contributed by atoms with Gasteiger partial charge in [-0.25, -0.2) is 0 Å². The van der Waals surface area contributed by atoms with E-state index < -0.39 is 23.3 Å². The maximum Gasteiger partial charge on any atom is 0.433 e. The molecular weight excluding hydrogens is 273 g/mol. The Morgan fingerprint density at radius 3 is 2.50 bits per heavy atom. The lowest BCUT2D eigenvalue weighted by atomic mass is 9.74. The van der Waals surface area contributed by atoms with E-state index in [-0.39, 0.29) is 5.92 Å². The Hall–Kier alpha value is -1.79. The summed E-state index contributed by atoms with van der Waals surface area (Å²) in [6.45, 7) is 4.12. The maximum atomic E-state index is 12.6. The molecule has 0 aliphatic carbocycles. The fourth-order valence-electron chi connectivity index (χ4n) is 2.09. The molecule has 2 rings (SSSR count). The number of aromatic nitrogens is 1. The predicted octanol–water partition coefficient (Wildman–Crippen LogP) is 2.65. The van der Waals surface area contributed by atoms with Gasteiger partial charge < -0.3 is 10.0 Å². The summed E-state index contributed by atoms with van der Waals surface area (Å²) in [7, 11) is 0. The average Bonchev–Trinajstić information content (AvgIpc) is 2.25. The summed E-state index contributed by atoms with van der Waals surface area (Å²) >= 11 is 0. The van der Waals surface area contributed by atoms with Gasteiger partial charge in [-0.3, -0.25) is 9.78 Å². The highest BCUT2D eigenvalue weighted by Gasteiger charge is 2.44. The van der Waals surface area contributed by atoms with E-state index in [0.717, 1.165) is 12.3 Å². The zero-order chi connectivity index (χ0) is 15.1. The van der Waals surface area contributed by atoms with E-state index in [1.54, 1.807) is 18.7 Å². The van der Waals surface area contributed by atoms with Gasteiger partial charge in [-0.1, -0.05) is 0 Å². The van der Waals surface area contributed by atoms with Gasteiger partial charge in [0.05, 0.1) is 5.41 Å². The highest BCUT2D eigenvalue weighted by molar-refractivity contribution is 5.74. The largest absolute Gasteiger partial charge is 0.481 e. The summed E-state index contributed by atoms with van der Waals surface area (Å²) in [5.41, 5.74) is -1.39. The number of aliphatic carboxylic acids is 1. The topological polar surface area (TPSA) is 53.4 Å². The lowest BCUT2D eigenvalue weighted by Crippen LogP contribution is -2.55. The molecule has 1 aromatic rings. The Kier molecular flexibility index (Phi) is 3.39. The quantitative estimate of drug-likeness (QED) is 0.929. The summed E-state index contributed by atoms with van der Waals surface area (Å²) < 4.78 is 37.7. The number of carboxylic acids is 1. The van der Waals surface area contributed by atoms with E-state index in [1.807, 2.05) is 0 Å². The Morgan fingerprint density at radius 2 is 2.00 bits per heavy atom. The molecule has 20 heavy (non-hydrogen) atoms. The van der Waals surface area contributed by atoms with Crippen LogP contribution >= 0.6 is 0 Å². The highest BCUT2D eigenvalue weighted by Crippen LogP contribution is 2.38. The molecule has 0 atom stereocenters. The molecule has 2 heterocycles. The minimum Gasteiger partial charge on any atom is -0.481 e. The van der Waals surface area contributed by atoms with Crippen LogP contribution in [0.1, 0.15) is 19.5 Å². The molecule has 0 aromatic carbocycles. The summed E-state index contributed by atoms with van der Waals surface area (Å²) in [6, 6.07) is 2.49. The smallest absolute Gasteiger partial charge is 0.433 e. The van der Waals surface area contributed by atoms with Crippen LogP contribution in [-0.2, 0) is 11.0 Å². The number of nitrogens with zero attached hydrogens (tertiary/aromatic N) is 2. The summed E-state index contributed by atoms with van der Waals surface area (Å²) in [4.78, 5) is 16.1. The molecule has 1 aliphatic heterocycles. The first-order valence-electron chi connectivity index (χ1n) is 6.14. The normalized spacial score (nSPS) is 16.9. The molecular formula is C13H15F3N2O2. The van der Waals surface area contributed by atoms with Crippen molar-refractivity contribution in [1.82, 2.24) is 4.98 Å². The minimum absolute atomic E-state index is 0.0810. The van der Waals surface area contributed by atoms with Gasteiger partial charge in [0.25, 0.3) is 0 Å². The number of halogens is 3. The second-order valence-electron chi connectivity index (χ2n) is 5.53. The van der Waals surface area contributed by atoms with Crippen molar-refractivity contribution in [1.29, 1.82) is 0 Å². The third-order valence-electron chi connectivity index (χ3n) is 3.85. The van der Waals surface area contributed by atoms with Crippen molar-refractivity contribution < 1.29 is 23.1 Å². The number of carboxylic acid groups (broad SMARTS) is 1. The van der Waals surface area contributed by atoms with Crippen LogP contribution in [0.15, 0.2) is 18.3 Å². The number of pyridine rings is 1. The number of alkyl halides is 3. The van der Waals surface area contributed by atoms with E-state index in [9.17, 15) is 18.0 Å². The van der Waals surface area contributed by atoms with E-state index >= 15 is 0 Å². The number of rotatable bonds is 3. The Morgan fingerprint density at radius 1 is 1.40 bits per heavy atom. The molecule has 1 aromatic heterocycles. The number of carbonyl (C=O) groups is 1. The van der Waals surface area contributed by atoms with Gasteiger partial charge in [0.2, 0.25) is 0 Å². The lowest BCUT2D eigenvalue weighted by molar-refractivity contribution is -0.150. The van der Waals surface area contributed by atoms with Crippen LogP contribution in [0.4, 0.5) is 18.9 Å². The Bertz CT molecular complexity index is 523. The van der Waals surface area contributed by atoms with Gasteiger partial charge in [-0.05, 0) is 26.0 Å². The van der Waals surface area contributed by atoms with Crippen LogP contribution in [0.25, 0.3) is 0 Å². The standard InChI is InChI=1S/C13H15F3N2O2/c1-12(2,11(19)20)8-6-18(7-8)9-3-4-17-10(5-9)13(14,15)16/h3-5,8H,6-7H2,1-2H3,(H,19,20). The second kappa shape index (κ2) is 4.64. The minimum atomic E-state index is -4.47. The Labute approximate surface area is 114 Å². The van der Waals surface area contributed by atoms with E-state index in [4.69, 9.17) is 5.11 Å². The monoisotopic (exact) mass is 288 g/mol. The van der Waals surface area contributed by atoms with Crippen LogP contribution in [0.2, 0.25) is 0 Å². The first-order chi connectivity index (χ1) is 9.12. The molecule has 0 bridgehead atoms. The molecule has 0 spiro atoms. The molecule has 0 amide bonds. The van der Waals surface area contributed by atoms with Gasteiger partial charge in [0, 0.05) is 30.9 Å². The van der Waals surface area contributed by atoms with Gasteiger partial charge in [-0.2, -0.15) is 13.2 Å². The molecule has 0 unspecified atom stereocenters. The first-order valence-corrected chi connectivity index (χ1v) is 6.14. The highest BCUT2D eigenvalue weighted by atomic mass is 19.4. The average molecular weight is 288 g/mol. The molecule has 7 heteroatoms. The summed E-state index contributed by atoms with van der Waals surface area (Å²) in [5, 5.41) is 9.11. The lowest BCUT2D eigenvalue weighted by Gasteiger charge is -2.47. The molecule has 110 valence electrons. The fourth-order valence-corrected chi connectivity index (χ4v) is 2.09. The predicted molar refractivity (Wildman–Crippen MR) is 66.4 cm³/mol. The van der Waals surface area contributed by atoms with Crippen molar-refractivity contribution in [3.8, 4) is 0 Å². The number of anilines is 1. The van der Waals surface area contributed by atoms with Crippen molar-refractivity contribution in [3.63, 3.8) is 0 Å².